The van der Waals surface area contributed by atoms with Gasteiger partial charge in [0, 0.05) is 18.7 Å². The van der Waals surface area contributed by atoms with Gasteiger partial charge in [0.05, 0.1) is 11.0 Å². The molecule has 1 atom stereocenters. The topological polar surface area (TPSA) is 105 Å². The van der Waals surface area contributed by atoms with E-state index < -0.39 is 23.2 Å². The van der Waals surface area contributed by atoms with Crippen molar-refractivity contribution < 1.29 is 22.9 Å². The van der Waals surface area contributed by atoms with Crippen molar-refractivity contribution in [1.82, 2.24) is 5.32 Å². The Morgan fingerprint density at radius 2 is 1.93 bits per heavy atom. The molecule has 3 rings (SSSR count). The van der Waals surface area contributed by atoms with E-state index in [1.54, 1.807) is 36.4 Å². The number of fused-ring (bicyclic) bond motifs is 1. The maximum Gasteiger partial charge on any atom is 0.492 e. The fraction of sp³-hybridized carbons (Fsp3) is 0.350. The van der Waals surface area contributed by atoms with Crippen LogP contribution in [0.3, 0.4) is 0 Å². The van der Waals surface area contributed by atoms with Gasteiger partial charge in [-0.3, -0.25) is 9.52 Å². The molecule has 1 unspecified atom stereocenters. The lowest BCUT2D eigenvalue weighted by molar-refractivity contribution is -0.121. The minimum absolute atomic E-state index is 0.0579. The fourth-order valence-electron chi connectivity index (χ4n) is 3.13. The zero-order chi connectivity index (χ0) is 21.0. The minimum Gasteiger partial charge on any atom is -0.423 e. The maximum atomic E-state index is 12.5. The number of rotatable bonds is 8. The van der Waals surface area contributed by atoms with Crippen LogP contribution in [0, 0.1) is 5.92 Å². The van der Waals surface area contributed by atoms with Crippen LogP contribution in [0.1, 0.15) is 38.4 Å². The molecule has 0 spiro atoms. The van der Waals surface area contributed by atoms with E-state index in [0.717, 1.165) is 12.0 Å². The van der Waals surface area contributed by atoms with Crippen LogP contribution in [0.4, 0.5) is 5.69 Å². The Kier molecular flexibility index (Phi) is 6.61. The average Bonchev–Trinajstić information content (AvgIpc) is 3.00. The normalized spacial score (nSPS) is 16.0. The molecule has 0 aromatic heterocycles. The van der Waals surface area contributed by atoms with Crippen molar-refractivity contribution in [2.24, 2.45) is 5.92 Å². The first kappa shape index (κ1) is 21.4. The largest absolute Gasteiger partial charge is 0.492 e. The van der Waals surface area contributed by atoms with Crippen LogP contribution in [-0.2, 0) is 19.5 Å². The predicted octanol–water partition coefficient (Wildman–Crippen LogP) is 1.80. The van der Waals surface area contributed by atoms with Crippen molar-refractivity contribution in [2.45, 2.75) is 37.7 Å². The zero-order valence-electron chi connectivity index (χ0n) is 16.5. The van der Waals surface area contributed by atoms with Crippen molar-refractivity contribution in [2.75, 3.05) is 11.3 Å². The number of amides is 1. The predicted molar refractivity (Wildman–Crippen MR) is 112 cm³/mol. The van der Waals surface area contributed by atoms with Gasteiger partial charge in [0.2, 0.25) is 5.91 Å². The smallest absolute Gasteiger partial charge is 0.423 e. The maximum absolute atomic E-state index is 12.5. The molecule has 0 fully saturated rings. The first-order valence-corrected chi connectivity index (χ1v) is 11.1. The van der Waals surface area contributed by atoms with Crippen molar-refractivity contribution in [1.29, 1.82) is 0 Å². The number of carbonyl (C=O) groups excluding carboxylic acids is 1. The Morgan fingerprint density at radius 3 is 2.62 bits per heavy atom. The minimum atomic E-state index is -3.73. The lowest BCUT2D eigenvalue weighted by Crippen LogP contribution is -2.30. The fourth-order valence-corrected chi connectivity index (χ4v) is 4.20. The second kappa shape index (κ2) is 8.98. The number of hydrogen-bond acceptors (Lipinski definition) is 5. The van der Waals surface area contributed by atoms with Gasteiger partial charge in [-0.25, -0.2) is 8.42 Å². The van der Waals surface area contributed by atoms with E-state index in [1.807, 2.05) is 0 Å². The summed E-state index contributed by atoms with van der Waals surface area (Å²) < 4.78 is 33.0. The molecule has 9 heteroatoms. The SMILES string of the molecule is CC(C)CCC(=O)NCC1OB(O)c2cc(NS(=O)(=O)c3ccccc3)ccc21. The first-order valence-electron chi connectivity index (χ1n) is 9.58. The van der Waals surface area contributed by atoms with Crippen molar-refractivity contribution in [3.05, 3.63) is 54.1 Å². The second-order valence-electron chi connectivity index (χ2n) is 7.48. The van der Waals surface area contributed by atoms with Crippen LogP contribution in [0.25, 0.3) is 0 Å². The second-order valence-corrected chi connectivity index (χ2v) is 9.16. The highest BCUT2D eigenvalue weighted by molar-refractivity contribution is 7.92. The number of sulfonamides is 1. The third kappa shape index (κ3) is 5.38. The Bertz CT molecular complexity index is 966. The molecule has 7 nitrogen and oxygen atoms in total. The van der Waals surface area contributed by atoms with Crippen molar-refractivity contribution >= 4 is 34.2 Å². The first-order chi connectivity index (χ1) is 13.8. The molecule has 3 N–H and O–H groups in total. The highest BCUT2D eigenvalue weighted by atomic mass is 32.2. The monoisotopic (exact) mass is 416 g/mol. The lowest BCUT2D eigenvalue weighted by atomic mass is 9.79. The van der Waals surface area contributed by atoms with Gasteiger partial charge < -0.3 is 15.0 Å². The zero-order valence-corrected chi connectivity index (χ0v) is 17.3. The van der Waals surface area contributed by atoms with Crippen LogP contribution in [0.2, 0.25) is 0 Å². The molecule has 0 saturated heterocycles. The van der Waals surface area contributed by atoms with E-state index in [0.29, 0.717) is 23.5 Å². The van der Waals surface area contributed by atoms with E-state index in [4.69, 9.17) is 4.65 Å². The third-order valence-corrected chi connectivity index (χ3v) is 6.13. The number of carbonyl (C=O) groups is 1. The summed E-state index contributed by atoms with van der Waals surface area (Å²) in [7, 11) is -4.90. The van der Waals surface area contributed by atoms with Gasteiger partial charge in [-0.2, -0.15) is 0 Å². The van der Waals surface area contributed by atoms with Crippen LogP contribution >= 0.6 is 0 Å². The van der Waals surface area contributed by atoms with Gasteiger partial charge in [-0.15, -0.1) is 0 Å². The molecule has 0 aliphatic carbocycles. The van der Waals surface area contributed by atoms with E-state index in [2.05, 4.69) is 23.9 Å². The van der Waals surface area contributed by atoms with Crippen LogP contribution < -0.4 is 15.5 Å². The molecule has 2 aromatic carbocycles. The standard InChI is InChI=1S/C20H25BN2O5S/c1-14(2)8-11-20(24)22-13-19-17-10-9-15(12-18(17)21(25)28-19)23-29(26,27)16-6-4-3-5-7-16/h3-7,9-10,12,14,19,23,25H,8,11,13H2,1-2H3,(H,22,24). The number of hydrogen-bond donors (Lipinski definition) is 3. The van der Waals surface area contributed by atoms with Crippen molar-refractivity contribution in [3.63, 3.8) is 0 Å². The summed E-state index contributed by atoms with van der Waals surface area (Å²) >= 11 is 0. The molecule has 29 heavy (non-hydrogen) atoms. The van der Waals surface area contributed by atoms with Gasteiger partial charge in [0.15, 0.2) is 0 Å². The summed E-state index contributed by atoms with van der Waals surface area (Å²) in [6.07, 6.45) is 0.768. The van der Waals surface area contributed by atoms with Crippen LogP contribution in [0.15, 0.2) is 53.4 Å². The Morgan fingerprint density at radius 1 is 1.21 bits per heavy atom. The summed E-state index contributed by atoms with van der Waals surface area (Å²) in [5.41, 5.74) is 1.54. The van der Waals surface area contributed by atoms with Gasteiger partial charge in [0.25, 0.3) is 10.0 Å². The lowest BCUT2D eigenvalue weighted by Gasteiger charge is -2.14. The number of benzene rings is 2. The average molecular weight is 416 g/mol. The summed E-state index contributed by atoms with van der Waals surface area (Å²) in [6, 6.07) is 12.9. The molecule has 1 aliphatic rings. The third-order valence-electron chi connectivity index (χ3n) is 4.73. The summed E-state index contributed by atoms with van der Waals surface area (Å²) in [4.78, 5) is 12.1. The highest BCUT2D eigenvalue weighted by Gasteiger charge is 2.35. The highest BCUT2D eigenvalue weighted by Crippen LogP contribution is 2.26. The Balaban J connectivity index is 1.68. The van der Waals surface area contributed by atoms with E-state index >= 15 is 0 Å². The van der Waals surface area contributed by atoms with Gasteiger partial charge in [-0.05, 0) is 47.6 Å². The molecule has 0 saturated carbocycles. The molecule has 2 aromatic rings. The van der Waals surface area contributed by atoms with E-state index in [1.165, 1.54) is 12.1 Å². The molecule has 154 valence electrons. The van der Waals surface area contributed by atoms with E-state index in [-0.39, 0.29) is 17.3 Å². The molecule has 1 amide bonds. The van der Waals surface area contributed by atoms with Gasteiger partial charge in [0.1, 0.15) is 0 Å². The van der Waals surface area contributed by atoms with E-state index in [9.17, 15) is 18.2 Å². The number of anilines is 1. The quantitative estimate of drug-likeness (QED) is 0.570. The molecule has 1 aliphatic heterocycles. The summed E-state index contributed by atoms with van der Waals surface area (Å²) in [6.45, 7) is 4.36. The Labute approximate surface area is 171 Å². The van der Waals surface area contributed by atoms with Gasteiger partial charge >= 0.3 is 7.12 Å². The van der Waals surface area contributed by atoms with Crippen LogP contribution in [0.5, 0.6) is 0 Å². The Hall–Kier alpha value is -2.36. The molecular weight excluding hydrogens is 391 g/mol. The van der Waals surface area contributed by atoms with Crippen molar-refractivity contribution in [3.8, 4) is 0 Å². The van der Waals surface area contributed by atoms with Crippen LogP contribution in [-0.4, -0.2) is 33.0 Å². The molecule has 0 radical (unpaired) electrons. The number of nitrogens with one attached hydrogen (secondary N) is 2. The summed E-state index contributed by atoms with van der Waals surface area (Å²) in [5, 5.41) is 13.1. The molecule has 1 heterocycles. The van der Waals surface area contributed by atoms with Gasteiger partial charge in [-0.1, -0.05) is 38.1 Å². The molecule has 0 bridgehead atoms. The summed E-state index contributed by atoms with van der Waals surface area (Å²) in [5.74, 6) is 0.390. The molecular formula is C20H25BN2O5S.